The SMILES string of the molecule is CC(C)(C)OC(=O)N1CCCC1CNc1nc(-c2ccc(S(C)(=O)=O)cc2)no1. The molecule has 1 unspecified atom stereocenters. The van der Waals surface area contributed by atoms with E-state index < -0.39 is 15.4 Å². The van der Waals surface area contributed by atoms with E-state index in [0.717, 1.165) is 19.1 Å². The number of benzene rings is 1. The van der Waals surface area contributed by atoms with Crippen LogP contribution in [0.2, 0.25) is 0 Å². The van der Waals surface area contributed by atoms with Crippen molar-refractivity contribution in [2.24, 2.45) is 0 Å². The molecule has 0 spiro atoms. The first-order chi connectivity index (χ1) is 13.5. The lowest BCUT2D eigenvalue weighted by atomic mass is 10.2. The lowest BCUT2D eigenvalue weighted by Gasteiger charge is -2.28. The van der Waals surface area contributed by atoms with Gasteiger partial charge in [0.05, 0.1) is 10.9 Å². The molecule has 1 amide bonds. The fourth-order valence-electron chi connectivity index (χ4n) is 3.08. The van der Waals surface area contributed by atoms with Crippen LogP contribution in [0.25, 0.3) is 11.4 Å². The van der Waals surface area contributed by atoms with Crippen LogP contribution in [0, 0.1) is 0 Å². The third-order valence-electron chi connectivity index (χ3n) is 4.46. The van der Waals surface area contributed by atoms with E-state index in [2.05, 4.69) is 15.5 Å². The van der Waals surface area contributed by atoms with E-state index in [1.165, 1.54) is 12.1 Å². The first kappa shape index (κ1) is 21.1. The molecule has 0 aliphatic carbocycles. The summed E-state index contributed by atoms with van der Waals surface area (Å²) in [7, 11) is -3.26. The van der Waals surface area contributed by atoms with E-state index in [0.29, 0.717) is 24.5 Å². The van der Waals surface area contributed by atoms with Gasteiger partial charge < -0.3 is 19.5 Å². The number of hydrogen-bond acceptors (Lipinski definition) is 8. The smallest absolute Gasteiger partial charge is 0.410 e. The van der Waals surface area contributed by atoms with Crippen molar-refractivity contribution in [3.63, 3.8) is 0 Å². The van der Waals surface area contributed by atoms with E-state index in [-0.39, 0.29) is 23.0 Å². The van der Waals surface area contributed by atoms with Gasteiger partial charge in [0, 0.05) is 24.9 Å². The van der Waals surface area contributed by atoms with Crippen molar-refractivity contribution in [3.8, 4) is 11.4 Å². The maximum absolute atomic E-state index is 12.4. The maximum Gasteiger partial charge on any atom is 0.410 e. The quantitative estimate of drug-likeness (QED) is 0.782. The maximum atomic E-state index is 12.4. The number of hydrogen-bond donors (Lipinski definition) is 1. The number of ether oxygens (including phenoxy) is 1. The third kappa shape index (κ3) is 5.47. The van der Waals surface area contributed by atoms with Gasteiger partial charge >= 0.3 is 12.1 Å². The highest BCUT2D eigenvalue weighted by Gasteiger charge is 2.32. The molecule has 9 nitrogen and oxygen atoms in total. The van der Waals surface area contributed by atoms with Crippen molar-refractivity contribution < 1.29 is 22.5 Å². The minimum Gasteiger partial charge on any atom is -0.444 e. The van der Waals surface area contributed by atoms with Gasteiger partial charge in [-0.3, -0.25) is 0 Å². The number of nitrogens with zero attached hydrogens (tertiary/aromatic N) is 3. The summed E-state index contributed by atoms with van der Waals surface area (Å²) in [6.07, 6.45) is 2.61. The number of likely N-dealkylation sites (tertiary alicyclic amines) is 1. The second-order valence-electron chi connectivity index (χ2n) is 8.07. The average Bonchev–Trinajstić information content (AvgIpc) is 3.27. The Morgan fingerprint density at radius 3 is 2.62 bits per heavy atom. The van der Waals surface area contributed by atoms with Crippen molar-refractivity contribution in [2.45, 2.75) is 50.2 Å². The Balaban J connectivity index is 1.61. The summed E-state index contributed by atoms with van der Waals surface area (Å²) in [5.74, 6) is 0.350. The first-order valence-corrected chi connectivity index (χ1v) is 11.3. The average molecular weight is 423 g/mol. The van der Waals surface area contributed by atoms with Crippen molar-refractivity contribution in [3.05, 3.63) is 24.3 Å². The molecule has 2 heterocycles. The molecule has 29 heavy (non-hydrogen) atoms. The highest BCUT2D eigenvalue weighted by molar-refractivity contribution is 7.90. The molecule has 1 aliphatic heterocycles. The summed E-state index contributed by atoms with van der Waals surface area (Å²) in [6.45, 7) is 6.65. The second-order valence-corrected chi connectivity index (χ2v) is 10.1. The molecule has 1 saturated heterocycles. The van der Waals surface area contributed by atoms with Crippen molar-refractivity contribution in [1.82, 2.24) is 15.0 Å². The highest BCUT2D eigenvalue weighted by Crippen LogP contribution is 2.23. The van der Waals surface area contributed by atoms with Gasteiger partial charge in [-0.05, 0) is 57.9 Å². The molecule has 1 atom stereocenters. The number of rotatable bonds is 5. The Bertz CT molecular complexity index is 963. The molecule has 0 bridgehead atoms. The van der Waals surface area contributed by atoms with Gasteiger partial charge in [-0.1, -0.05) is 5.16 Å². The minimum atomic E-state index is -3.26. The summed E-state index contributed by atoms with van der Waals surface area (Å²) in [6, 6.07) is 6.49. The molecule has 3 rings (SSSR count). The van der Waals surface area contributed by atoms with Crippen LogP contribution >= 0.6 is 0 Å². The first-order valence-electron chi connectivity index (χ1n) is 9.41. The number of carbonyl (C=O) groups excluding carboxylic acids is 1. The molecule has 1 N–H and O–H groups in total. The molecule has 1 aromatic carbocycles. The van der Waals surface area contributed by atoms with E-state index >= 15 is 0 Å². The van der Waals surface area contributed by atoms with Crippen LogP contribution in [0.15, 0.2) is 33.7 Å². The van der Waals surface area contributed by atoms with E-state index in [1.807, 2.05) is 20.8 Å². The molecular weight excluding hydrogens is 396 g/mol. The van der Waals surface area contributed by atoms with E-state index in [4.69, 9.17) is 9.26 Å². The highest BCUT2D eigenvalue weighted by atomic mass is 32.2. The van der Waals surface area contributed by atoms with Crippen molar-refractivity contribution >= 4 is 21.9 Å². The lowest BCUT2D eigenvalue weighted by molar-refractivity contribution is 0.0234. The fourth-order valence-corrected chi connectivity index (χ4v) is 3.71. The number of nitrogens with one attached hydrogen (secondary N) is 1. The largest absolute Gasteiger partial charge is 0.444 e. The molecule has 0 saturated carbocycles. The molecule has 10 heteroatoms. The summed E-state index contributed by atoms with van der Waals surface area (Å²) in [5.41, 5.74) is 0.108. The van der Waals surface area contributed by atoms with Crippen molar-refractivity contribution in [2.75, 3.05) is 24.7 Å². The Labute approximate surface area is 170 Å². The monoisotopic (exact) mass is 422 g/mol. The lowest BCUT2D eigenvalue weighted by Crippen LogP contribution is -2.42. The van der Waals surface area contributed by atoms with Gasteiger partial charge in [0.1, 0.15) is 5.60 Å². The van der Waals surface area contributed by atoms with Crippen LogP contribution < -0.4 is 5.32 Å². The fraction of sp³-hybridized carbons (Fsp3) is 0.526. The van der Waals surface area contributed by atoms with Crippen LogP contribution in [0.5, 0.6) is 0 Å². The molecule has 1 aliphatic rings. The zero-order valence-electron chi connectivity index (χ0n) is 17.0. The van der Waals surface area contributed by atoms with E-state index in [9.17, 15) is 13.2 Å². The molecule has 1 aromatic heterocycles. The van der Waals surface area contributed by atoms with Gasteiger partial charge in [-0.15, -0.1) is 0 Å². The normalized spacial score (nSPS) is 17.4. The summed E-state index contributed by atoms with van der Waals surface area (Å²) < 4.78 is 33.8. The number of carbonyl (C=O) groups is 1. The Morgan fingerprint density at radius 2 is 2.00 bits per heavy atom. The Morgan fingerprint density at radius 1 is 1.31 bits per heavy atom. The van der Waals surface area contributed by atoms with Crippen LogP contribution in [-0.4, -0.2) is 60.5 Å². The van der Waals surface area contributed by atoms with Gasteiger partial charge in [-0.25, -0.2) is 13.2 Å². The topological polar surface area (TPSA) is 115 Å². The van der Waals surface area contributed by atoms with Crippen LogP contribution in [-0.2, 0) is 14.6 Å². The van der Waals surface area contributed by atoms with Gasteiger partial charge in [-0.2, -0.15) is 4.98 Å². The number of aromatic nitrogens is 2. The number of amides is 1. The Hall–Kier alpha value is -2.62. The summed E-state index contributed by atoms with van der Waals surface area (Å²) in [4.78, 5) is 18.6. The molecular formula is C19H26N4O5S. The van der Waals surface area contributed by atoms with Gasteiger partial charge in [0.2, 0.25) is 5.82 Å². The van der Waals surface area contributed by atoms with Crippen LogP contribution in [0.4, 0.5) is 10.8 Å². The van der Waals surface area contributed by atoms with Crippen LogP contribution in [0.1, 0.15) is 33.6 Å². The number of anilines is 1. The molecule has 2 aromatic rings. The van der Waals surface area contributed by atoms with E-state index in [1.54, 1.807) is 17.0 Å². The summed E-state index contributed by atoms with van der Waals surface area (Å²) >= 11 is 0. The zero-order chi connectivity index (χ0) is 21.2. The Kier molecular flexibility index (Phi) is 5.83. The summed E-state index contributed by atoms with van der Waals surface area (Å²) in [5, 5.41) is 7.00. The van der Waals surface area contributed by atoms with Crippen molar-refractivity contribution in [1.29, 1.82) is 0 Å². The van der Waals surface area contributed by atoms with Crippen LogP contribution in [0.3, 0.4) is 0 Å². The minimum absolute atomic E-state index is 0.0192. The molecule has 0 radical (unpaired) electrons. The second kappa shape index (κ2) is 8.02. The standard InChI is InChI=1S/C19H26N4O5S/c1-19(2,3)27-18(24)23-11-5-6-14(23)12-20-17-21-16(22-28-17)13-7-9-15(10-8-13)29(4,25)26/h7-10,14H,5-6,11-12H2,1-4H3,(H,20,21,22). The molecule has 1 fully saturated rings. The third-order valence-corrected chi connectivity index (χ3v) is 5.59. The predicted octanol–water partition coefficient (Wildman–Crippen LogP) is 2.95. The zero-order valence-corrected chi connectivity index (χ0v) is 17.8. The predicted molar refractivity (Wildman–Crippen MR) is 107 cm³/mol. The number of sulfone groups is 1. The molecule has 158 valence electrons. The van der Waals surface area contributed by atoms with Gasteiger partial charge in [0.25, 0.3) is 0 Å². The van der Waals surface area contributed by atoms with Gasteiger partial charge in [0.15, 0.2) is 9.84 Å².